The van der Waals surface area contributed by atoms with Crippen molar-refractivity contribution in [2.45, 2.75) is 70.6 Å². The quantitative estimate of drug-likeness (QED) is 0.312. The average Bonchev–Trinajstić information content (AvgIpc) is 3.34. The van der Waals surface area contributed by atoms with E-state index in [-0.39, 0.29) is 54.7 Å². The lowest BCUT2D eigenvalue weighted by Gasteiger charge is -2.50. The molecule has 1 aromatic carbocycles. The molecular weight excluding hydrogens is 521 g/mol. The van der Waals surface area contributed by atoms with Crippen LogP contribution in [-0.2, 0) is 11.2 Å². The van der Waals surface area contributed by atoms with Gasteiger partial charge in [-0.15, -0.1) is 0 Å². The van der Waals surface area contributed by atoms with Crippen molar-refractivity contribution in [2.75, 3.05) is 32.8 Å². The molecule has 6 atom stereocenters. The maximum absolute atomic E-state index is 13.4. The maximum Gasteiger partial charge on any atom is 0.300 e. The van der Waals surface area contributed by atoms with Gasteiger partial charge in [-0.25, -0.2) is 8.78 Å². The minimum atomic E-state index is -2.55. The van der Waals surface area contributed by atoms with Crippen LogP contribution in [0.15, 0.2) is 11.1 Å². The number of nitrogens with zero attached hydrogens (tertiary/aromatic N) is 1. The number of aliphatic imine (C=N–C) groups is 1. The number of carbonyl (C=O) groups excluding carboxylic acids is 1. The number of aryl methyl sites for hydroxylation is 1. The maximum atomic E-state index is 13.4. The van der Waals surface area contributed by atoms with Gasteiger partial charge in [0.1, 0.15) is 23.1 Å². The smallest absolute Gasteiger partial charge is 0.300 e. The van der Waals surface area contributed by atoms with E-state index in [0.717, 1.165) is 41.7 Å². The number of rotatable bonds is 7. The predicted octanol–water partition coefficient (Wildman–Crippen LogP) is 4.12. The molecule has 3 fully saturated rings. The summed E-state index contributed by atoms with van der Waals surface area (Å²) >= 11 is 13.6. The molecule has 1 aliphatic heterocycles. The van der Waals surface area contributed by atoms with E-state index in [9.17, 15) is 18.7 Å². The summed E-state index contributed by atoms with van der Waals surface area (Å²) in [6.45, 7) is 5.74. The molecule has 0 radical (unpaired) electrons. The number of fused-ring (bicyclic) bond motifs is 5. The fourth-order valence-electron chi connectivity index (χ4n) is 7.76. The lowest BCUT2D eigenvalue weighted by Crippen LogP contribution is -3.10. The van der Waals surface area contributed by atoms with Crippen LogP contribution in [0.25, 0.3) is 0 Å². The van der Waals surface area contributed by atoms with Crippen molar-refractivity contribution in [3.8, 4) is 5.75 Å². The summed E-state index contributed by atoms with van der Waals surface area (Å²) in [5, 5.41) is 13.8. The highest BCUT2D eigenvalue weighted by Gasteiger charge is 2.59. The number of ketones is 1. The second-order valence-electron chi connectivity index (χ2n) is 11.6. The highest BCUT2D eigenvalue weighted by molar-refractivity contribution is 6.43. The minimum Gasteiger partial charge on any atom is -0.862 e. The van der Waals surface area contributed by atoms with Gasteiger partial charge in [0.15, 0.2) is 0 Å². The van der Waals surface area contributed by atoms with Crippen molar-refractivity contribution in [1.29, 1.82) is 0 Å². The van der Waals surface area contributed by atoms with E-state index >= 15 is 0 Å². The number of likely N-dealkylation sites (tertiary alicyclic amines) is 1. The predicted molar refractivity (Wildman–Crippen MR) is 138 cm³/mol. The fourth-order valence-corrected chi connectivity index (χ4v) is 8.33. The van der Waals surface area contributed by atoms with E-state index in [0.29, 0.717) is 48.5 Å². The van der Waals surface area contributed by atoms with E-state index in [1.165, 1.54) is 0 Å². The molecular formula is C28H36Cl2F2N2O3. The number of Topliss-reactive ketones (excluding diaryl/α,β-unsaturated/α-hetero) is 1. The molecule has 3 aliphatic carbocycles. The molecule has 1 saturated heterocycles. The van der Waals surface area contributed by atoms with E-state index < -0.39 is 11.3 Å². The zero-order valence-corrected chi connectivity index (χ0v) is 23.1. The molecule has 1 heterocycles. The zero-order valence-electron chi connectivity index (χ0n) is 21.6. The highest BCUT2D eigenvalue weighted by Crippen LogP contribution is 2.62. The van der Waals surface area contributed by atoms with Crippen LogP contribution in [0.4, 0.5) is 8.78 Å². The minimum absolute atomic E-state index is 0.0269. The van der Waals surface area contributed by atoms with Gasteiger partial charge in [-0.1, -0.05) is 30.1 Å². The molecule has 37 heavy (non-hydrogen) atoms. The largest absolute Gasteiger partial charge is 0.862 e. The first-order valence-corrected chi connectivity index (χ1v) is 14.4. The third-order valence-corrected chi connectivity index (χ3v) is 10.4. The van der Waals surface area contributed by atoms with Crippen LogP contribution in [0.5, 0.6) is 5.75 Å². The van der Waals surface area contributed by atoms with Crippen molar-refractivity contribution < 1.29 is 28.3 Å². The Balaban J connectivity index is 1.33. The second kappa shape index (κ2) is 10.3. The van der Waals surface area contributed by atoms with Crippen molar-refractivity contribution in [2.24, 2.45) is 28.2 Å². The number of alkyl halides is 2. The third kappa shape index (κ3) is 4.89. The monoisotopic (exact) mass is 556 g/mol. The summed E-state index contributed by atoms with van der Waals surface area (Å²) in [6.07, 6.45) is 4.13. The van der Waals surface area contributed by atoms with Gasteiger partial charge in [0.05, 0.1) is 31.1 Å². The summed E-state index contributed by atoms with van der Waals surface area (Å²) in [5.74, 6) is -2.00. The number of halogens is 4. The van der Waals surface area contributed by atoms with E-state index in [4.69, 9.17) is 27.9 Å². The number of nitrogens with one attached hydrogen (secondary N) is 1. The van der Waals surface area contributed by atoms with Gasteiger partial charge in [0.25, 0.3) is 0 Å². The summed E-state index contributed by atoms with van der Waals surface area (Å²) in [6, 6.07) is 1.99. The van der Waals surface area contributed by atoms with Crippen LogP contribution in [0.3, 0.4) is 0 Å². The number of ether oxygens (including phenoxy) is 1. The van der Waals surface area contributed by atoms with Crippen LogP contribution in [0.1, 0.15) is 69.4 Å². The van der Waals surface area contributed by atoms with E-state index in [1.807, 2.05) is 19.9 Å². The van der Waals surface area contributed by atoms with Crippen molar-refractivity contribution >= 4 is 34.9 Å². The normalized spacial score (nSPS) is 34.7. The standard InChI is InChI=1S/C28H36Cl2F2N2O3/c1-3-33-26(36)19-14-21(35)27(2)8-7-17-18(23(19)27)6-5-16-13-20(24(29)25(30)22(16)17)37-12-4-10-34-11-9-28(31,32)15-34/h13,17-19,23H,3-12,14-15H2,1-2H3,(H,33,36)/t17-,18+,19-,23+,27+/m0/s1. The average molecular weight is 558 g/mol. The van der Waals surface area contributed by atoms with Crippen molar-refractivity contribution in [1.82, 2.24) is 0 Å². The molecule has 204 valence electrons. The van der Waals surface area contributed by atoms with Gasteiger partial charge in [0.2, 0.25) is 0 Å². The molecule has 0 amide bonds. The van der Waals surface area contributed by atoms with E-state index in [1.54, 1.807) is 0 Å². The Morgan fingerprint density at radius 3 is 2.76 bits per heavy atom. The lowest BCUT2D eigenvalue weighted by molar-refractivity contribution is -0.891. The van der Waals surface area contributed by atoms with Gasteiger partial charge < -0.3 is 19.7 Å². The summed E-state index contributed by atoms with van der Waals surface area (Å²) in [5.41, 5.74) is 1.67. The molecule has 1 unspecified atom stereocenters. The fraction of sp³-hybridized carbons (Fsp3) is 0.714. The number of carbonyl (C=O) groups is 1. The Morgan fingerprint density at radius 2 is 2.05 bits per heavy atom. The second-order valence-corrected chi connectivity index (χ2v) is 12.4. The van der Waals surface area contributed by atoms with Crippen LogP contribution in [0, 0.1) is 23.2 Å². The SMILES string of the molecule is CCN=C([O-])[C@H]1CC(=O)[C@@]2(C)CC[C@@H]3c4c(cc(OCCC[NH+]5CCC(F)(F)C5)c(Cl)c4Cl)CC[C@H]3[C@H]12. The number of hydrogen-bond acceptors (Lipinski definition) is 4. The van der Waals surface area contributed by atoms with Crippen LogP contribution in [-0.4, -0.2) is 50.4 Å². The number of hydrogen-bond donors (Lipinski definition) is 1. The highest BCUT2D eigenvalue weighted by atomic mass is 35.5. The number of benzene rings is 1. The molecule has 2 saturated carbocycles. The van der Waals surface area contributed by atoms with Crippen LogP contribution < -0.4 is 14.7 Å². The third-order valence-electron chi connectivity index (χ3n) is 9.50. The topological polar surface area (TPSA) is 66.2 Å². The molecule has 1 aromatic rings. The molecule has 9 heteroatoms. The first-order valence-electron chi connectivity index (χ1n) is 13.7. The summed E-state index contributed by atoms with van der Waals surface area (Å²) in [4.78, 5) is 18.2. The van der Waals surface area contributed by atoms with Crippen molar-refractivity contribution in [3.05, 3.63) is 27.2 Å². The molecule has 0 aromatic heterocycles. The van der Waals surface area contributed by atoms with Crippen molar-refractivity contribution in [3.63, 3.8) is 0 Å². The first-order chi connectivity index (χ1) is 17.6. The Kier molecular flexibility index (Phi) is 7.53. The van der Waals surface area contributed by atoms with Gasteiger partial charge >= 0.3 is 5.92 Å². The molecule has 0 bridgehead atoms. The summed E-state index contributed by atoms with van der Waals surface area (Å²) < 4.78 is 32.8. The van der Waals surface area contributed by atoms with Gasteiger partial charge in [-0.05, 0) is 79.4 Å². The molecule has 5 nitrogen and oxygen atoms in total. The summed E-state index contributed by atoms with van der Waals surface area (Å²) in [7, 11) is 0. The molecule has 4 aliphatic rings. The Bertz CT molecular complexity index is 1100. The molecule has 5 rings (SSSR count). The Morgan fingerprint density at radius 1 is 1.27 bits per heavy atom. The lowest BCUT2D eigenvalue weighted by atomic mass is 9.54. The zero-order chi connectivity index (χ0) is 26.5. The van der Waals surface area contributed by atoms with E-state index in [2.05, 4.69) is 4.99 Å². The Hall–Kier alpha value is -1.44. The Labute approximate surface area is 227 Å². The van der Waals surface area contributed by atoms with Gasteiger partial charge in [-0.3, -0.25) is 4.79 Å². The van der Waals surface area contributed by atoms with Gasteiger partial charge in [-0.2, -0.15) is 0 Å². The van der Waals surface area contributed by atoms with Crippen LogP contribution >= 0.6 is 23.2 Å². The molecule has 1 N–H and O–H groups in total. The molecule has 0 spiro atoms. The first kappa shape index (κ1) is 27.1. The number of quaternary nitrogens is 1. The van der Waals surface area contributed by atoms with Gasteiger partial charge in [0, 0.05) is 24.8 Å². The van der Waals surface area contributed by atoms with Crippen LogP contribution in [0.2, 0.25) is 10.0 Å².